The van der Waals surface area contributed by atoms with E-state index in [0.29, 0.717) is 5.56 Å². The Kier molecular flexibility index (Phi) is 2.29. The molecule has 0 aliphatic heterocycles. The molecule has 2 aromatic rings. The van der Waals surface area contributed by atoms with Crippen LogP contribution in [0.4, 0.5) is 0 Å². The number of H-pyrrole nitrogens is 1. The topological polar surface area (TPSA) is 53.1 Å². The summed E-state index contributed by atoms with van der Waals surface area (Å²) in [4.78, 5) is 13.9. The molecule has 3 nitrogen and oxygen atoms in total. The molecule has 0 atom stereocenters. The third-order valence-electron chi connectivity index (χ3n) is 2.07. The second-order valence-corrected chi connectivity index (χ2v) is 3.60. The average molecular weight is 254 g/mol. The van der Waals surface area contributed by atoms with Crippen LogP contribution < -0.4 is 0 Å². The summed E-state index contributed by atoms with van der Waals surface area (Å²) in [6.45, 7) is 0. The van der Waals surface area contributed by atoms with Crippen LogP contribution in [0.1, 0.15) is 16.1 Å². The molecule has 1 aromatic heterocycles. The molecular formula is C10H8BrNO2. The first-order valence-corrected chi connectivity index (χ1v) is 5.24. The predicted octanol–water partition coefficient (Wildman–Crippen LogP) is 2.76. The summed E-state index contributed by atoms with van der Waals surface area (Å²) >= 11 is 3.34. The van der Waals surface area contributed by atoms with Gasteiger partial charge in [0.05, 0.1) is 5.56 Å². The molecule has 0 bridgehead atoms. The zero-order chi connectivity index (χ0) is 10.1. The lowest BCUT2D eigenvalue weighted by molar-refractivity contribution is 0.0697. The van der Waals surface area contributed by atoms with Gasteiger partial charge in [-0.25, -0.2) is 4.79 Å². The highest BCUT2D eigenvalue weighted by molar-refractivity contribution is 9.08. The van der Waals surface area contributed by atoms with Gasteiger partial charge in [0.25, 0.3) is 0 Å². The van der Waals surface area contributed by atoms with E-state index in [1.165, 1.54) is 0 Å². The van der Waals surface area contributed by atoms with E-state index < -0.39 is 5.97 Å². The molecule has 0 radical (unpaired) electrons. The number of rotatable bonds is 2. The van der Waals surface area contributed by atoms with Gasteiger partial charge in [-0.3, -0.25) is 0 Å². The van der Waals surface area contributed by atoms with Crippen molar-refractivity contribution in [3.63, 3.8) is 0 Å². The van der Waals surface area contributed by atoms with E-state index in [2.05, 4.69) is 20.9 Å². The Morgan fingerprint density at radius 3 is 2.86 bits per heavy atom. The number of halogens is 1. The van der Waals surface area contributed by atoms with Crippen molar-refractivity contribution in [3.8, 4) is 0 Å². The minimum absolute atomic E-state index is 0.317. The predicted molar refractivity (Wildman–Crippen MR) is 57.9 cm³/mol. The lowest BCUT2D eigenvalue weighted by atomic mass is 10.1. The number of aromatic amines is 1. The van der Waals surface area contributed by atoms with Crippen LogP contribution in [-0.2, 0) is 5.33 Å². The molecule has 1 heterocycles. The van der Waals surface area contributed by atoms with E-state index in [1.54, 1.807) is 18.2 Å². The van der Waals surface area contributed by atoms with Crippen molar-refractivity contribution < 1.29 is 9.90 Å². The molecule has 0 amide bonds. The van der Waals surface area contributed by atoms with Crippen molar-refractivity contribution in [2.75, 3.05) is 0 Å². The number of carboxylic acids is 1. The largest absolute Gasteiger partial charge is 0.478 e. The Morgan fingerprint density at radius 2 is 2.21 bits per heavy atom. The fourth-order valence-corrected chi connectivity index (χ4v) is 1.70. The van der Waals surface area contributed by atoms with Crippen LogP contribution in [-0.4, -0.2) is 16.1 Å². The Hall–Kier alpha value is -1.29. The van der Waals surface area contributed by atoms with Gasteiger partial charge < -0.3 is 10.1 Å². The van der Waals surface area contributed by atoms with E-state index in [4.69, 9.17) is 5.11 Å². The van der Waals surface area contributed by atoms with Gasteiger partial charge in [0, 0.05) is 21.9 Å². The SMILES string of the molecule is O=C(O)c1ccc2[nH]c(CBr)cc2c1. The maximum Gasteiger partial charge on any atom is 0.335 e. The van der Waals surface area contributed by atoms with Crippen molar-refractivity contribution in [2.24, 2.45) is 0 Å². The summed E-state index contributed by atoms with van der Waals surface area (Å²) in [5.74, 6) is -0.895. The van der Waals surface area contributed by atoms with Gasteiger partial charge in [0.15, 0.2) is 0 Å². The van der Waals surface area contributed by atoms with Crippen LogP contribution in [0.25, 0.3) is 10.9 Å². The number of alkyl halides is 1. The molecule has 0 unspecified atom stereocenters. The minimum Gasteiger partial charge on any atom is -0.478 e. The molecular weight excluding hydrogens is 246 g/mol. The van der Waals surface area contributed by atoms with Gasteiger partial charge >= 0.3 is 5.97 Å². The molecule has 2 rings (SSSR count). The number of hydrogen-bond acceptors (Lipinski definition) is 1. The number of aromatic nitrogens is 1. The second kappa shape index (κ2) is 3.46. The van der Waals surface area contributed by atoms with Crippen molar-refractivity contribution >= 4 is 32.8 Å². The number of carbonyl (C=O) groups is 1. The Bertz CT molecular complexity index is 490. The molecule has 0 saturated heterocycles. The first-order valence-electron chi connectivity index (χ1n) is 4.11. The molecule has 72 valence electrons. The number of nitrogens with one attached hydrogen (secondary N) is 1. The fourth-order valence-electron chi connectivity index (χ4n) is 1.40. The molecule has 1 aromatic carbocycles. The van der Waals surface area contributed by atoms with E-state index in [1.807, 2.05) is 6.07 Å². The zero-order valence-corrected chi connectivity index (χ0v) is 8.84. The van der Waals surface area contributed by atoms with Crippen LogP contribution >= 0.6 is 15.9 Å². The number of aromatic carboxylic acids is 1. The summed E-state index contributed by atoms with van der Waals surface area (Å²) in [5.41, 5.74) is 2.32. The minimum atomic E-state index is -0.895. The summed E-state index contributed by atoms with van der Waals surface area (Å²) < 4.78 is 0. The molecule has 2 N–H and O–H groups in total. The number of carboxylic acid groups (broad SMARTS) is 1. The molecule has 0 saturated carbocycles. The van der Waals surface area contributed by atoms with Crippen LogP contribution in [0, 0.1) is 0 Å². The van der Waals surface area contributed by atoms with Crippen LogP contribution in [0.2, 0.25) is 0 Å². The Morgan fingerprint density at radius 1 is 1.43 bits per heavy atom. The van der Waals surface area contributed by atoms with E-state index in [9.17, 15) is 4.79 Å². The smallest absolute Gasteiger partial charge is 0.335 e. The highest BCUT2D eigenvalue weighted by atomic mass is 79.9. The monoisotopic (exact) mass is 253 g/mol. The quantitative estimate of drug-likeness (QED) is 0.809. The number of benzene rings is 1. The van der Waals surface area contributed by atoms with Gasteiger partial charge in [-0.2, -0.15) is 0 Å². The van der Waals surface area contributed by atoms with Gasteiger partial charge in [0.2, 0.25) is 0 Å². The molecule has 0 aliphatic carbocycles. The van der Waals surface area contributed by atoms with Gasteiger partial charge in [-0.05, 0) is 24.3 Å². The number of fused-ring (bicyclic) bond motifs is 1. The molecule has 14 heavy (non-hydrogen) atoms. The van der Waals surface area contributed by atoms with Gasteiger partial charge in [0.1, 0.15) is 0 Å². The molecule has 0 fully saturated rings. The first kappa shape index (κ1) is 9.27. The fraction of sp³-hybridized carbons (Fsp3) is 0.100. The second-order valence-electron chi connectivity index (χ2n) is 3.04. The number of hydrogen-bond donors (Lipinski definition) is 2. The van der Waals surface area contributed by atoms with Gasteiger partial charge in [-0.15, -0.1) is 0 Å². The zero-order valence-electron chi connectivity index (χ0n) is 7.25. The summed E-state index contributed by atoms with van der Waals surface area (Å²) in [6.07, 6.45) is 0. The first-order chi connectivity index (χ1) is 6.70. The van der Waals surface area contributed by atoms with Crippen molar-refractivity contribution in [1.29, 1.82) is 0 Å². The van der Waals surface area contributed by atoms with Crippen LogP contribution in [0.5, 0.6) is 0 Å². The van der Waals surface area contributed by atoms with Crippen molar-refractivity contribution in [2.45, 2.75) is 5.33 Å². The Balaban J connectivity index is 2.59. The maximum absolute atomic E-state index is 10.7. The molecule has 0 spiro atoms. The summed E-state index contributed by atoms with van der Waals surface area (Å²) in [7, 11) is 0. The average Bonchev–Trinajstić information content (AvgIpc) is 2.58. The highest BCUT2D eigenvalue weighted by Crippen LogP contribution is 2.18. The Labute approximate surface area is 88.9 Å². The standard InChI is InChI=1S/C10H8BrNO2/c11-5-8-4-7-3-6(10(13)14)1-2-9(7)12-8/h1-4,12H,5H2,(H,13,14). The summed E-state index contributed by atoms with van der Waals surface area (Å²) in [5, 5.41) is 10.5. The van der Waals surface area contributed by atoms with Crippen molar-refractivity contribution in [3.05, 3.63) is 35.5 Å². The highest BCUT2D eigenvalue weighted by Gasteiger charge is 2.05. The van der Waals surface area contributed by atoms with Crippen molar-refractivity contribution in [1.82, 2.24) is 4.98 Å². The molecule has 4 heteroatoms. The third kappa shape index (κ3) is 1.53. The van der Waals surface area contributed by atoms with E-state index in [0.717, 1.165) is 21.9 Å². The maximum atomic E-state index is 10.7. The van der Waals surface area contributed by atoms with Crippen LogP contribution in [0.3, 0.4) is 0 Å². The van der Waals surface area contributed by atoms with Gasteiger partial charge in [-0.1, -0.05) is 15.9 Å². The molecule has 0 aliphatic rings. The lowest BCUT2D eigenvalue weighted by Gasteiger charge is -1.93. The van der Waals surface area contributed by atoms with E-state index in [-0.39, 0.29) is 0 Å². The lowest BCUT2D eigenvalue weighted by Crippen LogP contribution is -1.94. The third-order valence-corrected chi connectivity index (χ3v) is 2.67. The normalized spacial score (nSPS) is 10.6. The van der Waals surface area contributed by atoms with Crippen LogP contribution in [0.15, 0.2) is 24.3 Å². The summed E-state index contributed by atoms with van der Waals surface area (Å²) in [6, 6.07) is 6.99. The van der Waals surface area contributed by atoms with E-state index >= 15 is 0 Å².